The lowest BCUT2D eigenvalue weighted by Crippen LogP contribution is -2.40. The second kappa shape index (κ2) is 8.96. The van der Waals surface area contributed by atoms with Crippen LogP contribution < -0.4 is 4.74 Å². The molecule has 0 spiro atoms. The molecule has 2 heterocycles. The molecule has 1 aromatic heterocycles. The van der Waals surface area contributed by atoms with Gasteiger partial charge in [-0.3, -0.25) is 4.79 Å². The lowest BCUT2D eigenvalue weighted by Gasteiger charge is -2.26. The van der Waals surface area contributed by atoms with E-state index < -0.39 is 10.0 Å². The third-order valence-electron chi connectivity index (χ3n) is 4.76. The highest BCUT2D eigenvalue weighted by molar-refractivity contribution is 7.89. The molecule has 10 heteroatoms. The Morgan fingerprint density at radius 1 is 1.10 bits per heavy atom. The maximum Gasteiger partial charge on any atom is 0.247 e. The van der Waals surface area contributed by atoms with Crippen molar-refractivity contribution < 1.29 is 27.1 Å². The lowest BCUT2D eigenvalue weighted by atomic mass is 10.1. The van der Waals surface area contributed by atoms with Crippen LogP contribution in [0.25, 0.3) is 11.5 Å². The van der Waals surface area contributed by atoms with Crippen LogP contribution in [0, 0.1) is 6.92 Å². The van der Waals surface area contributed by atoms with Gasteiger partial charge in [-0.05, 0) is 36.4 Å². The minimum Gasteiger partial charge on any atom is -0.485 e. The summed E-state index contributed by atoms with van der Waals surface area (Å²) in [5.41, 5.74) is 1.01. The zero-order chi connectivity index (χ0) is 21.8. The number of nitrogens with zero attached hydrogens (tertiary/aromatic N) is 3. The van der Waals surface area contributed by atoms with Crippen molar-refractivity contribution in [2.24, 2.45) is 0 Å². The van der Waals surface area contributed by atoms with Crippen molar-refractivity contribution in [1.82, 2.24) is 14.5 Å². The summed E-state index contributed by atoms with van der Waals surface area (Å²) >= 11 is 0. The zero-order valence-corrected chi connectivity index (χ0v) is 17.7. The maximum absolute atomic E-state index is 12.8. The van der Waals surface area contributed by atoms with Gasteiger partial charge in [0.2, 0.25) is 21.8 Å². The number of benzene rings is 2. The topological polar surface area (TPSA) is 112 Å². The van der Waals surface area contributed by atoms with Crippen molar-refractivity contribution in [3.05, 3.63) is 60.0 Å². The van der Waals surface area contributed by atoms with Crippen LogP contribution in [0.3, 0.4) is 0 Å². The van der Waals surface area contributed by atoms with Gasteiger partial charge < -0.3 is 13.9 Å². The van der Waals surface area contributed by atoms with Gasteiger partial charge in [0.25, 0.3) is 0 Å². The summed E-state index contributed by atoms with van der Waals surface area (Å²) in [7, 11) is -3.67. The highest BCUT2D eigenvalue weighted by Crippen LogP contribution is 2.22. The Morgan fingerprint density at radius 3 is 2.52 bits per heavy atom. The van der Waals surface area contributed by atoms with Gasteiger partial charge in [0, 0.05) is 31.1 Å². The molecule has 9 nitrogen and oxygen atoms in total. The number of carbonyl (C=O) groups excluding carboxylic acids is 1. The number of ketones is 1. The van der Waals surface area contributed by atoms with Gasteiger partial charge in [0.05, 0.1) is 18.1 Å². The number of rotatable bonds is 7. The molecule has 1 saturated heterocycles. The summed E-state index contributed by atoms with van der Waals surface area (Å²) in [6, 6.07) is 12.9. The Bertz CT molecular complexity index is 1170. The van der Waals surface area contributed by atoms with E-state index >= 15 is 0 Å². The molecule has 0 saturated carbocycles. The molecule has 0 aliphatic carbocycles. The molecule has 31 heavy (non-hydrogen) atoms. The summed E-state index contributed by atoms with van der Waals surface area (Å²) in [6.07, 6.45) is 0. The summed E-state index contributed by atoms with van der Waals surface area (Å²) in [4.78, 5) is 12.7. The number of sulfonamides is 1. The number of Topliss-reactive ketones (excluding diaryl/α,β-unsaturated/α-hetero) is 1. The Kier molecular flexibility index (Phi) is 6.12. The van der Waals surface area contributed by atoms with Crippen LogP contribution in [-0.2, 0) is 14.8 Å². The van der Waals surface area contributed by atoms with E-state index in [-0.39, 0.29) is 22.8 Å². The summed E-state index contributed by atoms with van der Waals surface area (Å²) in [6.45, 7) is 2.79. The Morgan fingerprint density at radius 2 is 1.84 bits per heavy atom. The first-order valence-corrected chi connectivity index (χ1v) is 11.1. The summed E-state index contributed by atoms with van der Waals surface area (Å²) in [5.74, 6) is 1.04. The second-order valence-corrected chi connectivity index (χ2v) is 8.84. The Hall–Kier alpha value is -3.08. The van der Waals surface area contributed by atoms with Crippen molar-refractivity contribution in [3.8, 4) is 17.2 Å². The van der Waals surface area contributed by atoms with E-state index in [1.807, 2.05) is 0 Å². The van der Waals surface area contributed by atoms with Crippen molar-refractivity contribution in [3.63, 3.8) is 0 Å². The monoisotopic (exact) mass is 443 g/mol. The quantitative estimate of drug-likeness (QED) is 0.512. The van der Waals surface area contributed by atoms with Crippen LogP contribution in [0.5, 0.6) is 5.75 Å². The van der Waals surface area contributed by atoms with E-state index in [9.17, 15) is 13.2 Å². The molecule has 0 radical (unpaired) electrons. The molecular weight excluding hydrogens is 422 g/mol. The van der Waals surface area contributed by atoms with E-state index in [0.29, 0.717) is 43.8 Å². The van der Waals surface area contributed by atoms with Crippen LogP contribution >= 0.6 is 0 Å². The predicted octanol–water partition coefficient (Wildman–Crippen LogP) is 2.33. The SMILES string of the molecule is Cc1nnc(-c2ccc(OCC(=O)c3cccc(S(=O)(=O)N4CCOCC4)c3)cc2)o1. The highest BCUT2D eigenvalue weighted by Gasteiger charge is 2.26. The molecule has 0 N–H and O–H groups in total. The minimum atomic E-state index is -3.67. The Balaban J connectivity index is 1.41. The van der Waals surface area contributed by atoms with Crippen LogP contribution in [0.4, 0.5) is 0 Å². The number of morpholine rings is 1. The molecule has 4 rings (SSSR count). The zero-order valence-electron chi connectivity index (χ0n) is 16.9. The maximum atomic E-state index is 12.8. The van der Waals surface area contributed by atoms with Crippen molar-refractivity contribution in [1.29, 1.82) is 0 Å². The lowest BCUT2D eigenvalue weighted by molar-refractivity contribution is 0.0730. The van der Waals surface area contributed by atoms with Gasteiger partial charge in [-0.1, -0.05) is 12.1 Å². The molecule has 3 aromatic rings. The van der Waals surface area contributed by atoms with Crippen molar-refractivity contribution in [2.45, 2.75) is 11.8 Å². The number of ether oxygens (including phenoxy) is 2. The number of hydrogen-bond acceptors (Lipinski definition) is 8. The Labute approximate surface area is 179 Å². The average molecular weight is 443 g/mol. The van der Waals surface area contributed by atoms with Gasteiger partial charge in [0.15, 0.2) is 12.4 Å². The first-order valence-electron chi connectivity index (χ1n) is 9.68. The second-order valence-electron chi connectivity index (χ2n) is 6.91. The van der Waals surface area contributed by atoms with Crippen molar-refractivity contribution >= 4 is 15.8 Å². The van der Waals surface area contributed by atoms with E-state index in [1.165, 1.54) is 16.4 Å². The highest BCUT2D eigenvalue weighted by atomic mass is 32.2. The van der Waals surface area contributed by atoms with Gasteiger partial charge in [-0.2, -0.15) is 4.31 Å². The van der Waals surface area contributed by atoms with Crippen LogP contribution in [0.15, 0.2) is 57.8 Å². The fourth-order valence-electron chi connectivity index (χ4n) is 3.11. The molecule has 1 aliphatic rings. The number of aryl methyl sites for hydroxylation is 1. The largest absolute Gasteiger partial charge is 0.485 e. The average Bonchev–Trinajstić information content (AvgIpc) is 3.24. The standard InChI is InChI=1S/C21H21N3O6S/c1-15-22-23-21(30-15)16-5-7-18(8-6-16)29-14-20(25)17-3-2-4-19(13-17)31(26,27)24-9-11-28-12-10-24/h2-8,13H,9-12,14H2,1H3. The van der Waals surface area contributed by atoms with E-state index in [4.69, 9.17) is 13.9 Å². The molecule has 0 amide bonds. The number of aromatic nitrogens is 2. The molecule has 0 unspecified atom stereocenters. The first kappa shape index (κ1) is 21.2. The fourth-order valence-corrected chi connectivity index (χ4v) is 4.56. The van der Waals surface area contributed by atoms with Gasteiger partial charge in [-0.25, -0.2) is 8.42 Å². The molecule has 2 aromatic carbocycles. The molecule has 1 aliphatic heterocycles. The first-order chi connectivity index (χ1) is 14.9. The van der Waals surface area contributed by atoms with Crippen molar-refractivity contribution in [2.75, 3.05) is 32.9 Å². The molecule has 1 fully saturated rings. The predicted molar refractivity (Wildman–Crippen MR) is 110 cm³/mol. The van der Waals surface area contributed by atoms with Crippen LogP contribution in [0.1, 0.15) is 16.2 Å². The minimum absolute atomic E-state index is 0.0828. The number of hydrogen-bond donors (Lipinski definition) is 0. The van der Waals surface area contributed by atoms with Gasteiger partial charge >= 0.3 is 0 Å². The molecule has 162 valence electrons. The molecule has 0 bridgehead atoms. The third-order valence-corrected chi connectivity index (χ3v) is 6.66. The van der Waals surface area contributed by atoms with Crippen LogP contribution in [0.2, 0.25) is 0 Å². The summed E-state index contributed by atoms with van der Waals surface area (Å²) < 4.78 is 43.1. The normalized spacial score (nSPS) is 15.0. The van der Waals surface area contributed by atoms with E-state index in [1.54, 1.807) is 43.3 Å². The van der Waals surface area contributed by atoms with E-state index in [0.717, 1.165) is 5.56 Å². The molecular formula is C21H21N3O6S. The smallest absolute Gasteiger partial charge is 0.247 e. The summed E-state index contributed by atoms with van der Waals surface area (Å²) in [5, 5.41) is 7.74. The van der Waals surface area contributed by atoms with Gasteiger partial charge in [0.1, 0.15) is 5.75 Å². The van der Waals surface area contributed by atoms with Crippen LogP contribution in [-0.4, -0.2) is 61.6 Å². The molecule has 0 atom stereocenters. The number of carbonyl (C=O) groups is 1. The third kappa shape index (κ3) is 4.82. The van der Waals surface area contributed by atoms with Gasteiger partial charge in [-0.15, -0.1) is 10.2 Å². The van der Waals surface area contributed by atoms with E-state index in [2.05, 4.69) is 10.2 Å². The fraction of sp³-hybridized carbons (Fsp3) is 0.286.